The van der Waals surface area contributed by atoms with E-state index in [2.05, 4.69) is 0 Å². The molecule has 0 aromatic rings. The van der Waals surface area contributed by atoms with Crippen LogP contribution in [0.3, 0.4) is 0 Å². The number of carbonyl (C=O) groups is 1. The Bertz CT molecular complexity index is 527. The van der Waals surface area contributed by atoms with E-state index in [9.17, 15) is 57.5 Å². The van der Waals surface area contributed by atoms with Crippen LogP contribution in [-0.4, -0.2) is 65.7 Å². The van der Waals surface area contributed by atoms with Gasteiger partial charge in [-0.2, -0.15) is 35.1 Å². The molecule has 15 heteroatoms. The molecule has 0 aliphatic rings. The van der Waals surface area contributed by atoms with Crippen molar-refractivity contribution in [2.24, 2.45) is 0 Å². The molecule has 174 valence electrons. The molecule has 3 nitrogen and oxygen atoms in total. The highest BCUT2D eigenvalue weighted by atomic mass is 19.4. The van der Waals surface area contributed by atoms with Crippen LogP contribution in [-0.2, 0) is 0 Å². The van der Waals surface area contributed by atoms with Crippen LogP contribution in [0, 0.1) is 0 Å². The highest BCUT2D eigenvalue weighted by molar-refractivity contribution is 5.65. The molecule has 0 aliphatic heterocycles. The standard InChI is InChI=1S/C14H17F12NO2/c15-8(16)5-3-1-2-4-6-27(10(28)29)7-11(19,20)13(23,24)14(25,26)12(21,22)9(17)18/h8-9H,1-7H2,(H,28,29). The lowest BCUT2D eigenvalue weighted by Crippen LogP contribution is -2.66. The average molecular weight is 459 g/mol. The Balaban J connectivity index is 5.21. The first-order chi connectivity index (χ1) is 12.9. The summed E-state index contributed by atoms with van der Waals surface area (Å²) in [5.41, 5.74) is 0. The van der Waals surface area contributed by atoms with E-state index >= 15 is 0 Å². The van der Waals surface area contributed by atoms with Gasteiger partial charge in [-0.25, -0.2) is 22.4 Å². The van der Waals surface area contributed by atoms with E-state index in [0.29, 0.717) is 0 Å². The molecule has 0 saturated heterocycles. The maximum atomic E-state index is 13.6. The third-order valence-electron chi connectivity index (χ3n) is 3.81. The van der Waals surface area contributed by atoms with Crippen molar-refractivity contribution in [3.63, 3.8) is 0 Å². The summed E-state index contributed by atoms with van der Waals surface area (Å²) in [6.45, 7) is -3.62. The normalized spacial score (nSPS) is 14.0. The van der Waals surface area contributed by atoms with Gasteiger partial charge in [0.1, 0.15) is 0 Å². The van der Waals surface area contributed by atoms with Gasteiger partial charge in [0.2, 0.25) is 6.43 Å². The van der Waals surface area contributed by atoms with Gasteiger partial charge in [-0.05, 0) is 12.8 Å². The Morgan fingerprint density at radius 2 is 1.28 bits per heavy atom. The van der Waals surface area contributed by atoms with Crippen molar-refractivity contribution in [2.45, 2.75) is 68.6 Å². The third-order valence-corrected chi connectivity index (χ3v) is 3.81. The summed E-state index contributed by atoms with van der Waals surface area (Å²) in [5, 5.41) is 8.72. The molecule has 0 atom stereocenters. The van der Waals surface area contributed by atoms with Crippen LogP contribution in [0.1, 0.15) is 32.1 Å². The van der Waals surface area contributed by atoms with E-state index in [1.54, 1.807) is 0 Å². The molecule has 0 rings (SSSR count). The molecular weight excluding hydrogens is 442 g/mol. The average Bonchev–Trinajstić information content (AvgIpc) is 2.55. The summed E-state index contributed by atoms with van der Waals surface area (Å²) in [6, 6.07) is 0. The Morgan fingerprint density at radius 3 is 1.69 bits per heavy atom. The van der Waals surface area contributed by atoms with Crippen LogP contribution < -0.4 is 0 Å². The largest absolute Gasteiger partial charge is 0.465 e. The predicted octanol–water partition coefficient (Wildman–Crippen LogP) is 5.99. The van der Waals surface area contributed by atoms with Crippen molar-refractivity contribution in [1.29, 1.82) is 0 Å². The number of amides is 1. The van der Waals surface area contributed by atoms with Crippen LogP contribution in [0.2, 0.25) is 0 Å². The third kappa shape index (κ3) is 6.46. The van der Waals surface area contributed by atoms with Gasteiger partial charge in [-0.1, -0.05) is 12.8 Å². The van der Waals surface area contributed by atoms with E-state index in [1.807, 2.05) is 0 Å². The molecule has 0 aliphatic carbocycles. The summed E-state index contributed by atoms with van der Waals surface area (Å²) in [4.78, 5) is 10.4. The summed E-state index contributed by atoms with van der Waals surface area (Å²) in [5.74, 6) is -27.2. The van der Waals surface area contributed by atoms with E-state index < -0.39 is 67.0 Å². The van der Waals surface area contributed by atoms with Gasteiger partial charge in [0.15, 0.2) is 0 Å². The van der Waals surface area contributed by atoms with E-state index in [4.69, 9.17) is 5.11 Å². The molecule has 0 fully saturated rings. The zero-order chi connectivity index (χ0) is 23.3. The lowest BCUT2D eigenvalue weighted by atomic mass is 9.98. The Hall–Kier alpha value is -1.57. The lowest BCUT2D eigenvalue weighted by Gasteiger charge is -2.37. The fraction of sp³-hybridized carbons (Fsp3) is 0.929. The van der Waals surface area contributed by atoms with Gasteiger partial charge in [0, 0.05) is 13.0 Å². The number of halogens is 12. The van der Waals surface area contributed by atoms with Gasteiger partial charge in [0.25, 0.3) is 0 Å². The maximum absolute atomic E-state index is 13.6. The molecule has 0 unspecified atom stereocenters. The minimum atomic E-state index is -7.20. The topological polar surface area (TPSA) is 40.5 Å². The lowest BCUT2D eigenvalue weighted by molar-refractivity contribution is -0.383. The van der Waals surface area contributed by atoms with Crippen molar-refractivity contribution in [1.82, 2.24) is 4.90 Å². The molecular formula is C14H17F12NO2. The van der Waals surface area contributed by atoms with Crippen molar-refractivity contribution < 1.29 is 62.6 Å². The number of unbranched alkanes of at least 4 members (excludes halogenated alkanes) is 3. The Kier molecular flexibility index (Phi) is 9.42. The van der Waals surface area contributed by atoms with Gasteiger partial charge in [0.05, 0.1) is 6.54 Å². The van der Waals surface area contributed by atoms with E-state index in [-0.39, 0.29) is 25.7 Å². The highest BCUT2D eigenvalue weighted by Gasteiger charge is 2.82. The first-order valence-electron chi connectivity index (χ1n) is 7.97. The molecule has 0 bridgehead atoms. The van der Waals surface area contributed by atoms with Crippen LogP contribution in [0.4, 0.5) is 57.5 Å². The second kappa shape index (κ2) is 9.96. The van der Waals surface area contributed by atoms with Crippen LogP contribution in [0.25, 0.3) is 0 Å². The molecule has 1 amide bonds. The molecule has 29 heavy (non-hydrogen) atoms. The van der Waals surface area contributed by atoms with Crippen molar-refractivity contribution >= 4 is 6.09 Å². The van der Waals surface area contributed by atoms with Gasteiger partial charge in [-0.3, -0.25) is 0 Å². The first kappa shape index (κ1) is 27.4. The first-order valence-corrected chi connectivity index (χ1v) is 7.97. The SMILES string of the molecule is O=C(O)N(CCCCCCC(F)F)CC(F)(F)C(F)(F)C(F)(F)C(F)(F)C(F)F. The number of rotatable bonds is 13. The number of nitrogens with zero attached hydrogens (tertiary/aromatic N) is 1. The van der Waals surface area contributed by atoms with Gasteiger partial charge >= 0.3 is 36.2 Å². The molecule has 0 aromatic carbocycles. The molecule has 0 spiro atoms. The summed E-state index contributed by atoms with van der Waals surface area (Å²) in [7, 11) is 0. The van der Waals surface area contributed by atoms with Crippen molar-refractivity contribution in [2.75, 3.05) is 13.1 Å². The Labute approximate surface area is 156 Å². The number of alkyl halides is 12. The molecule has 1 N–H and O–H groups in total. The molecule has 0 saturated carbocycles. The van der Waals surface area contributed by atoms with Crippen molar-refractivity contribution in [3.05, 3.63) is 0 Å². The van der Waals surface area contributed by atoms with E-state index in [0.717, 1.165) is 0 Å². The summed E-state index contributed by atoms with van der Waals surface area (Å²) in [6.07, 6.45) is -11.1. The zero-order valence-corrected chi connectivity index (χ0v) is 14.4. The number of hydrogen-bond donors (Lipinski definition) is 1. The smallest absolute Gasteiger partial charge is 0.407 e. The monoisotopic (exact) mass is 459 g/mol. The summed E-state index contributed by atoms with van der Waals surface area (Å²) >= 11 is 0. The molecule has 0 radical (unpaired) electrons. The zero-order valence-electron chi connectivity index (χ0n) is 14.4. The maximum Gasteiger partial charge on any atom is 0.407 e. The second-order valence-corrected chi connectivity index (χ2v) is 6.08. The Morgan fingerprint density at radius 1 is 0.793 bits per heavy atom. The summed E-state index contributed by atoms with van der Waals surface area (Å²) < 4.78 is 154. The quantitative estimate of drug-likeness (QED) is 0.272. The number of carboxylic acid groups (broad SMARTS) is 1. The minimum Gasteiger partial charge on any atom is -0.465 e. The van der Waals surface area contributed by atoms with E-state index in [1.165, 1.54) is 0 Å². The fourth-order valence-electron chi connectivity index (χ4n) is 2.11. The fourth-order valence-corrected chi connectivity index (χ4v) is 2.11. The van der Waals surface area contributed by atoms with Crippen LogP contribution in [0.5, 0.6) is 0 Å². The number of hydrogen-bond acceptors (Lipinski definition) is 1. The van der Waals surface area contributed by atoms with Crippen LogP contribution >= 0.6 is 0 Å². The minimum absolute atomic E-state index is 0.0158. The van der Waals surface area contributed by atoms with Crippen molar-refractivity contribution in [3.8, 4) is 0 Å². The van der Waals surface area contributed by atoms with Gasteiger partial charge in [-0.15, -0.1) is 0 Å². The molecule has 0 heterocycles. The predicted molar refractivity (Wildman–Crippen MR) is 74.5 cm³/mol. The second-order valence-electron chi connectivity index (χ2n) is 6.08. The van der Waals surface area contributed by atoms with Crippen LogP contribution in [0.15, 0.2) is 0 Å². The van der Waals surface area contributed by atoms with Gasteiger partial charge < -0.3 is 10.0 Å². The molecule has 0 aromatic heterocycles. The highest BCUT2D eigenvalue weighted by Crippen LogP contribution is 2.54.